The van der Waals surface area contributed by atoms with Gasteiger partial charge in [0.15, 0.2) is 0 Å². The van der Waals surface area contributed by atoms with Gasteiger partial charge in [-0.25, -0.2) is 0 Å². The monoisotopic (exact) mass is 555 g/mol. The number of nitrogens with one attached hydrogen (secondary N) is 2. The molecule has 0 aliphatic heterocycles. The Morgan fingerprint density at radius 2 is 1.54 bits per heavy atom. The predicted octanol–water partition coefficient (Wildman–Crippen LogP) is 7.56. The average Bonchev–Trinajstić information content (AvgIpc) is 3.20. The highest BCUT2D eigenvalue weighted by Crippen LogP contribution is 2.53. The fourth-order valence-electron chi connectivity index (χ4n) is 7.41. The molecule has 2 aromatic carbocycles. The summed E-state index contributed by atoms with van der Waals surface area (Å²) in [6, 6.07) is 13.6. The Hall–Kier alpha value is -1.98. The number of hydrogen-bond acceptors (Lipinski definition) is 2. The maximum absolute atomic E-state index is 13.4. The molecule has 0 spiro atoms. The average molecular weight is 557 g/mol. The van der Waals surface area contributed by atoms with Gasteiger partial charge in [0.2, 0.25) is 0 Å². The van der Waals surface area contributed by atoms with E-state index in [1.54, 1.807) is 6.07 Å². The second kappa shape index (κ2) is 10.3. The fourth-order valence-corrected chi connectivity index (χ4v) is 8.04. The number of nitrogens with zero attached hydrogens (tertiary/aromatic N) is 1. The summed E-state index contributed by atoms with van der Waals surface area (Å²) < 4.78 is 2.00. The predicted molar refractivity (Wildman–Crippen MR) is 152 cm³/mol. The van der Waals surface area contributed by atoms with Crippen molar-refractivity contribution in [2.75, 3.05) is 13.1 Å². The quantitative estimate of drug-likeness (QED) is 0.295. The fraction of sp³-hybridized carbons (Fsp3) is 0.433. The molecule has 2 N–H and O–H groups in total. The van der Waals surface area contributed by atoms with E-state index < -0.39 is 0 Å². The highest BCUT2D eigenvalue weighted by Gasteiger charge is 2.47. The van der Waals surface area contributed by atoms with E-state index >= 15 is 0 Å². The third-order valence-electron chi connectivity index (χ3n) is 8.81. The molecule has 1 amide bonds. The molecule has 3 aromatic rings. The molecule has 1 aromatic heterocycles. The van der Waals surface area contributed by atoms with Gasteiger partial charge in [0.1, 0.15) is 0 Å². The van der Waals surface area contributed by atoms with Gasteiger partial charge in [-0.05, 0) is 111 Å². The summed E-state index contributed by atoms with van der Waals surface area (Å²) in [5.74, 6) is 3.51. The molecule has 4 bridgehead atoms. The van der Waals surface area contributed by atoms with Crippen LogP contribution in [-0.2, 0) is 0 Å². The van der Waals surface area contributed by atoms with Gasteiger partial charge in [-0.15, -0.1) is 0 Å². The maximum atomic E-state index is 13.4. The van der Waals surface area contributed by atoms with Crippen molar-refractivity contribution < 1.29 is 4.79 Å². The van der Waals surface area contributed by atoms with Gasteiger partial charge in [0.25, 0.3) is 5.91 Å². The zero-order valence-electron chi connectivity index (χ0n) is 20.9. The number of rotatable bonds is 7. The van der Waals surface area contributed by atoms with Gasteiger partial charge in [-0.3, -0.25) is 4.79 Å². The van der Waals surface area contributed by atoms with Gasteiger partial charge in [-0.1, -0.05) is 34.8 Å². The van der Waals surface area contributed by atoms with Crippen LogP contribution >= 0.6 is 34.8 Å². The van der Waals surface area contributed by atoms with Crippen LogP contribution in [0.15, 0.2) is 48.7 Å². The van der Waals surface area contributed by atoms with Crippen LogP contribution < -0.4 is 10.6 Å². The van der Waals surface area contributed by atoms with Gasteiger partial charge in [0, 0.05) is 46.6 Å². The molecule has 1 heterocycles. The van der Waals surface area contributed by atoms with Crippen molar-refractivity contribution >= 4 is 40.7 Å². The number of amides is 1. The molecule has 4 nitrogen and oxygen atoms in total. The molecule has 4 aliphatic carbocycles. The lowest BCUT2D eigenvalue weighted by molar-refractivity contribution is -0.0133. The van der Waals surface area contributed by atoms with E-state index in [-0.39, 0.29) is 5.91 Å². The second-order valence-corrected chi connectivity index (χ2v) is 12.4. The van der Waals surface area contributed by atoms with E-state index in [9.17, 15) is 4.79 Å². The summed E-state index contributed by atoms with van der Waals surface area (Å²) in [7, 11) is 0. The lowest BCUT2D eigenvalue weighted by Gasteiger charge is -2.54. The molecule has 194 valence electrons. The van der Waals surface area contributed by atoms with E-state index in [2.05, 4.69) is 10.6 Å². The van der Waals surface area contributed by atoms with Crippen LogP contribution in [0, 0.1) is 30.6 Å². The number of hydrogen-bond donors (Lipinski definition) is 2. The summed E-state index contributed by atoms with van der Waals surface area (Å²) in [6.45, 7) is 3.37. The van der Waals surface area contributed by atoms with Crippen molar-refractivity contribution in [1.29, 1.82) is 0 Å². The molecule has 7 heteroatoms. The summed E-state index contributed by atoms with van der Waals surface area (Å²) in [4.78, 5) is 13.4. The van der Waals surface area contributed by atoms with Crippen LogP contribution in [0.4, 0.5) is 0 Å². The minimum atomic E-state index is -0.0802. The minimum absolute atomic E-state index is 0.0802. The van der Waals surface area contributed by atoms with Crippen molar-refractivity contribution in [3.8, 4) is 16.9 Å². The molecule has 7 rings (SSSR count). The van der Waals surface area contributed by atoms with Gasteiger partial charge in [-0.2, -0.15) is 0 Å². The smallest absolute Gasteiger partial charge is 0.253 e. The van der Waals surface area contributed by atoms with Gasteiger partial charge in [0.05, 0.1) is 16.3 Å². The third kappa shape index (κ3) is 4.94. The Labute approximate surface area is 233 Å². The first-order valence-corrected chi connectivity index (χ1v) is 14.5. The van der Waals surface area contributed by atoms with E-state index in [1.807, 2.05) is 54.1 Å². The number of carbonyl (C=O) groups excluding carboxylic acids is 1. The first kappa shape index (κ1) is 25.3. The molecule has 4 saturated carbocycles. The first-order valence-electron chi connectivity index (χ1n) is 13.3. The van der Waals surface area contributed by atoms with Crippen LogP contribution in [0.5, 0.6) is 0 Å². The lowest BCUT2D eigenvalue weighted by atomic mass is 9.54. The Balaban J connectivity index is 1.19. The summed E-state index contributed by atoms with van der Waals surface area (Å²) in [5.41, 5.74) is 4.08. The molecule has 4 fully saturated rings. The molecule has 37 heavy (non-hydrogen) atoms. The van der Waals surface area contributed by atoms with E-state index in [0.717, 1.165) is 52.7 Å². The minimum Gasteiger partial charge on any atom is -0.351 e. The Bertz CT molecular complexity index is 1290. The Morgan fingerprint density at radius 1 is 0.892 bits per heavy atom. The number of halogens is 3. The van der Waals surface area contributed by atoms with Crippen LogP contribution in [0.1, 0.15) is 48.0 Å². The molecule has 4 aliphatic rings. The summed E-state index contributed by atoms with van der Waals surface area (Å²) >= 11 is 18.9. The Morgan fingerprint density at radius 3 is 2.19 bits per heavy atom. The first-order chi connectivity index (χ1) is 17.9. The molecule has 0 unspecified atom stereocenters. The summed E-state index contributed by atoms with van der Waals surface area (Å²) in [6.07, 6.45) is 8.93. The van der Waals surface area contributed by atoms with Crippen molar-refractivity contribution in [3.05, 3.63) is 74.9 Å². The van der Waals surface area contributed by atoms with Crippen LogP contribution in [0.2, 0.25) is 15.1 Å². The van der Waals surface area contributed by atoms with Crippen molar-refractivity contribution in [2.45, 2.75) is 45.1 Å². The highest BCUT2D eigenvalue weighted by atomic mass is 35.5. The summed E-state index contributed by atoms with van der Waals surface area (Å²) in [5, 5.41) is 8.72. The third-order valence-corrected chi connectivity index (χ3v) is 9.61. The van der Waals surface area contributed by atoms with Crippen molar-refractivity contribution in [2.24, 2.45) is 23.7 Å². The van der Waals surface area contributed by atoms with E-state index in [4.69, 9.17) is 34.8 Å². The zero-order valence-corrected chi connectivity index (χ0v) is 23.2. The molecule has 0 atom stereocenters. The lowest BCUT2D eigenvalue weighted by Crippen LogP contribution is -2.55. The standard InChI is InChI=1S/C30H32Cl3N3O/c1-17-26(30(37)35-9-8-34-28-20-11-18-10-19(13-20)14-21(28)12-18)16-36(24-5-2-22(31)3-6-24)29(17)25-7-4-23(32)15-27(25)33/h2-7,15-16,18-21,28,34H,8-14H2,1H3,(H,35,37). The van der Waals surface area contributed by atoms with Gasteiger partial charge >= 0.3 is 0 Å². The topological polar surface area (TPSA) is 46.1 Å². The maximum Gasteiger partial charge on any atom is 0.253 e. The SMILES string of the molecule is Cc1c(C(=O)NCCNC2C3CC4CC(C3)CC2C4)cn(-c2ccc(Cl)cc2)c1-c1ccc(Cl)cc1Cl. The van der Waals surface area contributed by atoms with E-state index in [1.165, 1.54) is 32.1 Å². The number of benzene rings is 2. The van der Waals surface area contributed by atoms with Crippen molar-refractivity contribution in [1.82, 2.24) is 15.2 Å². The van der Waals surface area contributed by atoms with Gasteiger partial charge < -0.3 is 15.2 Å². The number of aromatic nitrogens is 1. The molecular formula is C30H32Cl3N3O. The molecular weight excluding hydrogens is 525 g/mol. The van der Waals surface area contributed by atoms with Crippen LogP contribution in [0.25, 0.3) is 16.9 Å². The Kier molecular flexibility index (Phi) is 7.04. The second-order valence-electron chi connectivity index (χ2n) is 11.2. The van der Waals surface area contributed by atoms with Crippen LogP contribution in [-0.4, -0.2) is 29.6 Å². The van der Waals surface area contributed by atoms with Crippen LogP contribution in [0.3, 0.4) is 0 Å². The van der Waals surface area contributed by atoms with E-state index in [0.29, 0.717) is 33.2 Å². The normalized spacial score (nSPS) is 26.0. The zero-order chi connectivity index (χ0) is 25.7. The molecule has 0 saturated heterocycles. The van der Waals surface area contributed by atoms with Crippen molar-refractivity contribution in [3.63, 3.8) is 0 Å². The molecule has 0 radical (unpaired) electrons. The highest BCUT2D eigenvalue weighted by molar-refractivity contribution is 6.36. The largest absolute Gasteiger partial charge is 0.351 e. The number of carbonyl (C=O) groups is 1.